The molecule has 3 aromatic rings. The number of aliphatic imine (C=N–C) groups is 1. The van der Waals surface area contributed by atoms with Crippen molar-refractivity contribution >= 4 is 39.9 Å². The molecule has 2 aromatic heterocycles. The van der Waals surface area contributed by atoms with E-state index >= 15 is 0 Å². The fraction of sp³-hybridized carbons (Fsp3) is 0.375. The van der Waals surface area contributed by atoms with Gasteiger partial charge >= 0.3 is 0 Å². The molecule has 1 aliphatic rings. The van der Waals surface area contributed by atoms with Crippen LogP contribution in [0.1, 0.15) is 47.3 Å². The highest BCUT2D eigenvalue weighted by molar-refractivity contribution is 7.21. The van der Waals surface area contributed by atoms with Gasteiger partial charge in [0.15, 0.2) is 0 Å². The highest BCUT2D eigenvalue weighted by atomic mass is 32.1. The molecule has 5 nitrogen and oxygen atoms in total. The van der Waals surface area contributed by atoms with Gasteiger partial charge in [-0.05, 0) is 45.5 Å². The Morgan fingerprint density at radius 3 is 2.80 bits per heavy atom. The average Bonchev–Trinajstić information content (AvgIpc) is 3.09. The van der Waals surface area contributed by atoms with Crippen molar-refractivity contribution in [1.29, 1.82) is 0 Å². The molecule has 3 heterocycles. The van der Waals surface area contributed by atoms with Crippen LogP contribution in [0.4, 0.5) is 5.69 Å². The number of benzene rings is 1. The summed E-state index contributed by atoms with van der Waals surface area (Å²) in [4.78, 5) is 25.8. The monoisotopic (exact) mass is 421 g/mol. The summed E-state index contributed by atoms with van der Waals surface area (Å²) in [5.41, 5.74) is 3.75. The van der Waals surface area contributed by atoms with E-state index in [2.05, 4.69) is 43.8 Å². The van der Waals surface area contributed by atoms with Crippen LogP contribution in [0, 0.1) is 0 Å². The van der Waals surface area contributed by atoms with Gasteiger partial charge in [0.2, 0.25) is 0 Å². The summed E-state index contributed by atoms with van der Waals surface area (Å²) in [6, 6.07) is 12.3. The first-order valence-electron chi connectivity index (χ1n) is 10.3. The number of ether oxygens (including phenoxy) is 1. The second kappa shape index (κ2) is 8.28. The first-order chi connectivity index (χ1) is 14.4. The van der Waals surface area contributed by atoms with E-state index in [0.29, 0.717) is 30.3 Å². The van der Waals surface area contributed by atoms with Crippen LogP contribution >= 0.6 is 11.3 Å². The molecule has 156 valence electrons. The zero-order valence-electron chi connectivity index (χ0n) is 17.8. The lowest BCUT2D eigenvalue weighted by Crippen LogP contribution is -2.32. The maximum Gasteiger partial charge on any atom is 0.266 e. The molecule has 0 atom stereocenters. The molecule has 30 heavy (non-hydrogen) atoms. The maximum atomic E-state index is 13.4. The smallest absolute Gasteiger partial charge is 0.266 e. The summed E-state index contributed by atoms with van der Waals surface area (Å²) in [6.45, 7) is 11.7. The molecule has 6 heteroatoms. The number of hydrogen-bond donors (Lipinski definition) is 0. The van der Waals surface area contributed by atoms with Crippen molar-refractivity contribution in [2.24, 2.45) is 4.99 Å². The molecule has 0 spiro atoms. The number of likely N-dealkylation sites (N-methyl/N-ethyl adjacent to an activating group) is 1. The number of rotatable bonds is 6. The molecule has 0 bridgehead atoms. The van der Waals surface area contributed by atoms with E-state index in [9.17, 15) is 4.79 Å². The van der Waals surface area contributed by atoms with Crippen LogP contribution in [0.25, 0.3) is 10.2 Å². The summed E-state index contributed by atoms with van der Waals surface area (Å²) in [5.74, 6) is -0.00613. The van der Waals surface area contributed by atoms with Crippen molar-refractivity contribution in [3.63, 3.8) is 0 Å². The number of aromatic nitrogens is 1. The minimum atomic E-state index is -0.223. The van der Waals surface area contributed by atoms with Crippen LogP contribution in [0.2, 0.25) is 0 Å². The first-order valence-corrected chi connectivity index (χ1v) is 11.1. The van der Waals surface area contributed by atoms with E-state index in [1.165, 1.54) is 16.9 Å². The largest absolute Gasteiger partial charge is 0.370 e. The van der Waals surface area contributed by atoms with E-state index in [0.717, 1.165) is 34.3 Å². The van der Waals surface area contributed by atoms with Crippen molar-refractivity contribution < 1.29 is 9.53 Å². The second-order valence-electron chi connectivity index (χ2n) is 8.23. The lowest BCUT2D eigenvalue weighted by Gasteiger charge is -2.30. The predicted octanol–water partition coefficient (Wildman–Crippen LogP) is 5.18. The molecule has 1 amide bonds. The summed E-state index contributed by atoms with van der Waals surface area (Å²) < 4.78 is 5.94. The Balaban J connectivity index is 1.65. The van der Waals surface area contributed by atoms with Crippen molar-refractivity contribution in [2.75, 3.05) is 13.1 Å². The molecular weight excluding hydrogens is 394 g/mol. The molecule has 0 unspecified atom stereocenters. The Hall–Kier alpha value is -2.57. The van der Waals surface area contributed by atoms with Crippen molar-refractivity contribution in [3.05, 3.63) is 58.1 Å². The number of carbonyl (C=O) groups is 1. The first kappa shape index (κ1) is 20.7. The number of amides is 1. The zero-order chi connectivity index (χ0) is 21.3. The number of hydrogen-bond acceptors (Lipinski definition) is 5. The van der Waals surface area contributed by atoms with Crippen molar-refractivity contribution in [3.8, 4) is 0 Å². The molecule has 0 radical (unpaired) electrons. The third-order valence-electron chi connectivity index (χ3n) is 5.57. The van der Waals surface area contributed by atoms with Gasteiger partial charge in [-0.2, -0.15) is 0 Å². The zero-order valence-corrected chi connectivity index (χ0v) is 18.6. The Morgan fingerprint density at radius 2 is 2.10 bits per heavy atom. The van der Waals surface area contributed by atoms with Gasteiger partial charge in [-0.15, -0.1) is 11.3 Å². The van der Waals surface area contributed by atoms with E-state index < -0.39 is 0 Å². The second-order valence-corrected chi connectivity index (χ2v) is 9.23. The summed E-state index contributed by atoms with van der Waals surface area (Å²) in [6.07, 6.45) is 1.58. The molecular formula is C24H27N3O2S. The van der Waals surface area contributed by atoms with Gasteiger partial charge in [0.05, 0.1) is 23.6 Å². The molecule has 0 saturated carbocycles. The summed E-state index contributed by atoms with van der Waals surface area (Å²) in [7, 11) is 0. The third-order valence-corrected chi connectivity index (χ3v) is 6.65. The van der Waals surface area contributed by atoms with Crippen LogP contribution in [0.3, 0.4) is 0 Å². The Bertz CT molecular complexity index is 1090. The minimum absolute atomic E-state index is 0.00613. The Kier molecular flexibility index (Phi) is 5.71. The average molecular weight is 422 g/mol. The van der Waals surface area contributed by atoms with E-state index in [1.807, 2.05) is 30.0 Å². The molecule has 1 aromatic carbocycles. The number of thiophene rings is 1. The normalized spacial score (nSPS) is 15.0. The van der Waals surface area contributed by atoms with Gasteiger partial charge in [-0.3, -0.25) is 9.79 Å². The molecule has 4 rings (SSSR count). The molecule has 0 aliphatic carbocycles. The van der Waals surface area contributed by atoms with Crippen LogP contribution in [-0.4, -0.2) is 41.2 Å². The summed E-state index contributed by atoms with van der Waals surface area (Å²) in [5, 5.41) is 0.888. The lowest BCUT2D eigenvalue weighted by atomic mass is 9.95. The SMILES string of the molecule is C=Nc1c(C(=O)N(CC)CCc2ccccc2)sc2nc3c(cc12)COC(C)(C)C3. The molecule has 0 saturated heterocycles. The number of pyridine rings is 1. The number of carbonyl (C=O) groups excluding carboxylic acids is 1. The van der Waals surface area contributed by atoms with Crippen LogP contribution in [0.15, 0.2) is 41.4 Å². The fourth-order valence-corrected chi connectivity index (χ4v) is 4.95. The quantitative estimate of drug-likeness (QED) is 0.515. The number of nitrogens with zero attached hydrogens (tertiary/aromatic N) is 3. The highest BCUT2D eigenvalue weighted by Gasteiger charge is 2.29. The maximum absolute atomic E-state index is 13.4. The van der Waals surface area contributed by atoms with Crippen molar-refractivity contribution in [2.45, 2.75) is 45.8 Å². The summed E-state index contributed by atoms with van der Waals surface area (Å²) >= 11 is 1.42. The van der Waals surface area contributed by atoms with Crippen LogP contribution in [0.5, 0.6) is 0 Å². The molecule has 0 N–H and O–H groups in total. The van der Waals surface area contributed by atoms with Gasteiger partial charge in [0.1, 0.15) is 9.71 Å². The standard InChI is InChI=1S/C24H27N3O2S/c1-5-27(12-11-16-9-7-6-8-10-16)23(28)21-20(25-4)18-13-17-15-29-24(2,3)14-19(17)26-22(18)30-21/h6-10,13H,4-5,11-12,14-15H2,1-3H3. The van der Waals surface area contributed by atoms with Gasteiger partial charge in [0.25, 0.3) is 5.91 Å². The van der Waals surface area contributed by atoms with Crippen molar-refractivity contribution in [1.82, 2.24) is 9.88 Å². The predicted molar refractivity (Wildman–Crippen MR) is 123 cm³/mol. The van der Waals surface area contributed by atoms with Gasteiger partial charge in [-0.1, -0.05) is 30.3 Å². The topological polar surface area (TPSA) is 54.8 Å². The molecule has 1 aliphatic heterocycles. The van der Waals surface area contributed by atoms with E-state index in [1.54, 1.807) is 0 Å². The van der Waals surface area contributed by atoms with Gasteiger partial charge in [-0.25, -0.2) is 4.98 Å². The van der Waals surface area contributed by atoms with Crippen LogP contribution in [-0.2, 0) is 24.2 Å². The highest BCUT2D eigenvalue weighted by Crippen LogP contribution is 2.40. The van der Waals surface area contributed by atoms with Gasteiger partial charge in [0, 0.05) is 30.5 Å². The van der Waals surface area contributed by atoms with E-state index in [4.69, 9.17) is 9.72 Å². The number of fused-ring (bicyclic) bond motifs is 2. The van der Waals surface area contributed by atoms with E-state index in [-0.39, 0.29) is 11.5 Å². The Labute approximate surface area is 181 Å². The fourth-order valence-electron chi connectivity index (χ4n) is 3.85. The third kappa shape index (κ3) is 4.02. The van der Waals surface area contributed by atoms with Gasteiger partial charge < -0.3 is 9.64 Å². The van der Waals surface area contributed by atoms with Crippen LogP contribution < -0.4 is 0 Å². The Morgan fingerprint density at radius 1 is 1.33 bits per heavy atom. The molecule has 0 fully saturated rings. The lowest BCUT2D eigenvalue weighted by molar-refractivity contribution is -0.0411. The minimum Gasteiger partial charge on any atom is -0.370 e.